The maximum absolute atomic E-state index is 6.19. The van der Waals surface area contributed by atoms with Crippen LogP contribution in [0.4, 0.5) is 0 Å². The van der Waals surface area contributed by atoms with E-state index < -0.39 is 8.32 Å². The number of rotatable bonds is 6. The van der Waals surface area contributed by atoms with Crippen molar-refractivity contribution < 1.29 is 60.2 Å². The summed E-state index contributed by atoms with van der Waals surface area (Å²) in [6.07, 6.45) is 8.87. The van der Waals surface area contributed by atoms with Crippen LogP contribution in [0.3, 0.4) is 0 Å². The molecule has 0 bridgehead atoms. The molecule has 32 heavy (non-hydrogen) atoms. The number of allylic oxidation sites excluding steroid dienone is 3. The first-order valence-corrected chi connectivity index (χ1v) is 13.8. The van der Waals surface area contributed by atoms with E-state index in [9.17, 15) is 0 Å². The second kappa shape index (κ2) is 12.0. The number of hydrogen-bond donors (Lipinski definition) is 0. The molecule has 4 rings (SSSR count). The summed E-state index contributed by atoms with van der Waals surface area (Å²) in [5, 5.41) is 4.98. The molecular weight excluding hydrogens is 535 g/mol. The molecule has 0 heterocycles. The van der Waals surface area contributed by atoms with Crippen molar-refractivity contribution in [3.63, 3.8) is 0 Å². The van der Waals surface area contributed by atoms with Crippen molar-refractivity contribution >= 4 is 25.5 Å². The summed E-state index contributed by atoms with van der Waals surface area (Å²) in [6, 6.07) is 13.0. The summed E-state index contributed by atoms with van der Waals surface area (Å²) in [5.41, 5.74) is 5.03. The SMILES string of the molecule is CC(C)=c1ccc2c(c1C1=C(OCCO[Si](C)(C)C)C=CC1)[C-]=c1ccccc1=2.[Cl-].[Cl-].[Zr+3]. The van der Waals surface area contributed by atoms with Crippen LogP contribution in [0.15, 0.2) is 54.3 Å². The molecular formula is C26H29Cl2O2SiZr. The zero-order valence-corrected chi connectivity index (χ0v) is 24.3. The van der Waals surface area contributed by atoms with E-state index in [2.05, 4.69) is 88.1 Å². The molecule has 6 heteroatoms. The fourth-order valence-corrected chi connectivity index (χ4v) is 4.69. The van der Waals surface area contributed by atoms with Gasteiger partial charge in [-0.15, -0.1) is 33.4 Å². The fraction of sp³-hybridized carbons (Fsp3) is 0.308. The Morgan fingerprint density at radius 2 is 1.69 bits per heavy atom. The Bertz CT molecular complexity index is 1240. The predicted molar refractivity (Wildman–Crippen MR) is 123 cm³/mol. The third kappa shape index (κ3) is 6.15. The summed E-state index contributed by atoms with van der Waals surface area (Å²) in [4.78, 5) is 0. The van der Waals surface area contributed by atoms with E-state index >= 15 is 0 Å². The van der Waals surface area contributed by atoms with E-state index in [-0.39, 0.29) is 51.0 Å². The van der Waals surface area contributed by atoms with Crippen molar-refractivity contribution in [1.82, 2.24) is 0 Å². The van der Waals surface area contributed by atoms with Crippen LogP contribution in [0.1, 0.15) is 31.4 Å². The van der Waals surface area contributed by atoms with E-state index in [1.165, 1.54) is 43.1 Å². The first-order chi connectivity index (χ1) is 13.8. The number of halogens is 2. The van der Waals surface area contributed by atoms with Crippen LogP contribution in [0.2, 0.25) is 19.6 Å². The third-order valence-corrected chi connectivity index (χ3v) is 6.36. The van der Waals surface area contributed by atoms with Crippen LogP contribution in [0, 0.1) is 10.4 Å². The van der Waals surface area contributed by atoms with Crippen molar-refractivity contribution in [3.8, 4) is 0 Å². The minimum Gasteiger partial charge on any atom is -1.00 e. The molecule has 0 atom stereocenters. The van der Waals surface area contributed by atoms with Gasteiger partial charge in [0, 0.05) is 0 Å². The van der Waals surface area contributed by atoms with Gasteiger partial charge in [-0.2, -0.15) is 0 Å². The van der Waals surface area contributed by atoms with Crippen molar-refractivity contribution in [2.24, 2.45) is 0 Å². The average Bonchev–Trinajstić information content (AvgIpc) is 3.27. The van der Waals surface area contributed by atoms with Crippen LogP contribution in [0.5, 0.6) is 0 Å². The largest absolute Gasteiger partial charge is 3.00 e. The van der Waals surface area contributed by atoms with Gasteiger partial charge < -0.3 is 34.0 Å². The summed E-state index contributed by atoms with van der Waals surface area (Å²) in [6.45, 7) is 12.2. The van der Waals surface area contributed by atoms with Gasteiger partial charge in [0.25, 0.3) is 0 Å². The molecule has 2 aromatic carbocycles. The van der Waals surface area contributed by atoms with E-state index in [1.54, 1.807) is 0 Å². The molecule has 0 saturated carbocycles. The Hall–Kier alpha value is -0.900. The van der Waals surface area contributed by atoms with Gasteiger partial charge in [0.1, 0.15) is 12.4 Å². The molecule has 0 aromatic heterocycles. The van der Waals surface area contributed by atoms with E-state index in [1.807, 2.05) is 0 Å². The molecule has 1 radical (unpaired) electrons. The monoisotopic (exact) mass is 561 g/mol. The zero-order chi connectivity index (χ0) is 20.6. The second-order valence-electron chi connectivity index (χ2n) is 8.84. The average molecular weight is 564 g/mol. The van der Waals surface area contributed by atoms with Gasteiger partial charge in [-0.25, -0.2) is 0 Å². The third-order valence-electron chi connectivity index (χ3n) is 5.29. The minimum absolute atomic E-state index is 0. The Labute approximate surface area is 223 Å². The Morgan fingerprint density at radius 3 is 2.38 bits per heavy atom. The summed E-state index contributed by atoms with van der Waals surface area (Å²) in [7, 11) is -1.52. The number of ether oxygens (including phenoxy) is 1. The van der Waals surface area contributed by atoms with Crippen LogP contribution >= 0.6 is 0 Å². The Balaban J connectivity index is 0.00000171. The molecule has 0 amide bonds. The van der Waals surface area contributed by atoms with E-state index in [4.69, 9.17) is 9.16 Å². The maximum Gasteiger partial charge on any atom is 3.00 e. The van der Waals surface area contributed by atoms with Crippen molar-refractivity contribution in [2.75, 3.05) is 13.2 Å². The van der Waals surface area contributed by atoms with Crippen molar-refractivity contribution in [3.05, 3.63) is 86.3 Å². The maximum atomic E-state index is 6.19. The normalized spacial score (nSPS) is 13.3. The molecule has 0 saturated heterocycles. The zero-order valence-electron chi connectivity index (χ0n) is 19.3. The smallest absolute Gasteiger partial charge is 1.00 e. The topological polar surface area (TPSA) is 18.5 Å². The van der Waals surface area contributed by atoms with Gasteiger partial charge in [0.05, 0.1) is 6.61 Å². The van der Waals surface area contributed by atoms with Crippen LogP contribution in [-0.4, -0.2) is 21.5 Å². The van der Waals surface area contributed by atoms with Crippen LogP contribution < -0.4 is 35.3 Å². The molecule has 2 nitrogen and oxygen atoms in total. The van der Waals surface area contributed by atoms with Crippen LogP contribution in [0.25, 0.3) is 17.2 Å². The number of fused-ring (bicyclic) bond motifs is 2. The van der Waals surface area contributed by atoms with E-state index in [0.29, 0.717) is 13.2 Å². The Kier molecular flexibility index (Phi) is 10.9. The standard InChI is InChI=1S/C26H29O2Si.2ClH.Zr/c1-18(2)20-13-14-22-21-10-7-6-9-19(21)17-24(22)26(20)23-11-8-12-25(23)27-15-16-28-29(3,4)5;;;/h6-10,12-14H,11,15-16H2,1-5H3;2*1H;/q-1;;;+3/p-2. The molecule has 0 unspecified atom stereocenters. The first kappa shape index (κ1) is 29.1. The van der Waals surface area contributed by atoms with Crippen molar-refractivity contribution in [1.29, 1.82) is 0 Å². The molecule has 0 N–H and O–H groups in total. The molecule has 0 aliphatic heterocycles. The molecule has 167 valence electrons. The first-order valence-electron chi connectivity index (χ1n) is 10.4. The molecule has 2 aliphatic rings. The predicted octanol–water partition coefficient (Wildman–Crippen LogP) is -1.27. The summed E-state index contributed by atoms with van der Waals surface area (Å²) >= 11 is 0. The van der Waals surface area contributed by atoms with Gasteiger partial charge in [-0.3, -0.25) is 0 Å². The van der Waals surface area contributed by atoms with Gasteiger partial charge >= 0.3 is 26.2 Å². The van der Waals surface area contributed by atoms with Gasteiger partial charge in [0.2, 0.25) is 0 Å². The van der Waals surface area contributed by atoms with Gasteiger partial charge in [-0.05, 0) is 51.6 Å². The van der Waals surface area contributed by atoms with E-state index in [0.717, 1.165) is 12.2 Å². The fourth-order valence-electron chi connectivity index (χ4n) is 3.99. The molecule has 2 aliphatic carbocycles. The molecule has 0 spiro atoms. The van der Waals surface area contributed by atoms with Crippen LogP contribution in [-0.2, 0) is 35.4 Å². The quantitative estimate of drug-likeness (QED) is 0.212. The Morgan fingerprint density at radius 1 is 0.969 bits per heavy atom. The number of benzene rings is 2. The summed E-state index contributed by atoms with van der Waals surface area (Å²) < 4.78 is 12.1. The second-order valence-corrected chi connectivity index (χ2v) is 13.4. The van der Waals surface area contributed by atoms with Crippen molar-refractivity contribution in [2.45, 2.75) is 39.9 Å². The van der Waals surface area contributed by atoms with Gasteiger partial charge in [-0.1, -0.05) is 52.8 Å². The van der Waals surface area contributed by atoms with Gasteiger partial charge in [0.15, 0.2) is 8.32 Å². The minimum atomic E-state index is -1.52. The molecule has 0 fully saturated rings. The molecule has 2 aromatic rings. The summed E-state index contributed by atoms with van der Waals surface area (Å²) in [5.74, 6) is 0.970. The number of hydrogen-bond acceptors (Lipinski definition) is 2.